The smallest absolute Gasteiger partial charge is 0.280 e. The zero-order chi connectivity index (χ0) is 6.41. The van der Waals surface area contributed by atoms with Crippen molar-refractivity contribution in [3.8, 4) is 11.8 Å². The van der Waals surface area contributed by atoms with Gasteiger partial charge < -0.3 is 0 Å². The molecule has 0 aliphatic carbocycles. The number of carbonyl (C=O) groups is 1. The second-order valence-electron chi connectivity index (χ2n) is 0.897. The van der Waals surface area contributed by atoms with Crippen LogP contribution in [-0.2, 0) is 4.79 Å². The van der Waals surface area contributed by atoms with Crippen LogP contribution in [0.25, 0.3) is 0 Å². The highest BCUT2D eigenvalue weighted by Crippen LogP contribution is 1.94. The Morgan fingerprint density at radius 1 is 1.88 bits per heavy atom. The lowest BCUT2D eigenvalue weighted by Gasteiger charge is -1.86. The predicted molar refractivity (Wildman–Crippen MR) is 38.2 cm³/mol. The predicted octanol–water partition coefficient (Wildman–Crippen LogP) is 0.619. The molecule has 0 unspecified atom stereocenters. The van der Waals surface area contributed by atoms with E-state index in [0.29, 0.717) is 0 Å². The number of rotatable bonds is 1. The van der Waals surface area contributed by atoms with Crippen LogP contribution in [0.5, 0.6) is 0 Å². The fourth-order valence-electron chi connectivity index (χ4n) is 0.181. The maximum atomic E-state index is 10.3. The molecule has 0 aliphatic rings. The van der Waals surface area contributed by atoms with E-state index in [1.54, 1.807) is 6.92 Å². The lowest BCUT2D eigenvalue weighted by Crippen LogP contribution is -2.10. The minimum Gasteiger partial charge on any atom is -0.280 e. The fraction of sp³-hybridized carbons (Fsp3) is 0.250. The third-order valence-electron chi connectivity index (χ3n) is 0.377. The maximum absolute atomic E-state index is 10.3. The second-order valence-corrected chi connectivity index (χ2v) is 1.83. The molecule has 0 heterocycles. The summed E-state index contributed by atoms with van der Waals surface area (Å²) in [4.78, 5) is 10.3. The van der Waals surface area contributed by atoms with Crippen molar-refractivity contribution in [2.24, 2.45) is 0 Å². The Morgan fingerprint density at radius 3 is 2.88 bits per heavy atom. The van der Waals surface area contributed by atoms with Crippen molar-refractivity contribution >= 4 is 28.5 Å². The van der Waals surface area contributed by atoms with Gasteiger partial charge in [-0.25, -0.2) is 0 Å². The third kappa shape index (κ3) is 3.90. The normalized spacial score (nSPS) is 6.75. The topological polar surface area (TPSA) is 29.1 Å². The van der Waals surface area contributed by atoms with Gasteiger partial charge >= 0.3 is 5.91 Å². The second kappa shape index (κ2) is 4.88. The summed E-state index contributed by atoms with van der Waals surface area (Å²) >= 11 is 3.67. The van der Waals surface area contributed by atoms with E-state index in [4.69, 9.17) is 0 Å². The Morgan fingerprint density at radius 2 is 2.50 bits per heavy atom. The molecule has 0 aliphatic heterocycles. The largest absolute Gasteiger partial charge is 0.306 e. The van der Waals surface area contributed by atoms with Gasteiger partial charge in [-0.2, -0.15) is 0 Å². The van der Waals surface area contributed by atoms with Crippen molar-refractivity contribution in [3.63, 3.8) is 0 Å². The third-order valence-corrected chi connectivity index (χ3v) is 0.927. The van der Waals surface area contributed by atoms with Gasteiger partial charge in [-0.05, 0) is 12.8 Å². The molecule has 2 nitrogen and oxygen atoms in total. The van der Waals surface area contributed by atoms with Crippen molar-refractivity contribution in [1.29, 1.82) is 0 Å². The molecular formula is C4H5NOS2. The van der Waals surface area contributed by atoms with Crippen molar-refractivity contribution in [2.75, 3.05) is 0 Å². The van der Waals surface area contributed by atoms with Gasteiger partial charge in [0, 0.05) is 11.0 Å². The molecule has 0 atom stereocenters. The van der Waals surface area contributed by atoms with Crippen LogP contribution in [0.4, 0.5) is 0 Å². The van der Waals surface area contributed by atoms with Crippen LogP contribution < -0.4 is 4.72 Å². The molecule has 0 aromatic rings. The highest BCUT2D eigenvalue weighted by molar-refractivity contribution is 8.68. The summed E-state index contributed by atoms with van der Waals surface area (Å²) in [6.07, 6.45) is 0. The summed E-state index contributed by atoms with van der Waals surface area (Å²) in [5, 5.41) is 0. The van der Waals surface area contributed by atoms with Crippen LogP contribution in [0.1, 0.15) is 6.92 Å². The van der Waals surface area contributed by atoms with Gasteiger partial charge in [-0.15, -0.1) is 0 Å². The minimum atomic E-state index is -0.312. The van der Waals surface area contributed by atoms with Gasteiger partial charge in [0.05, 0.1) is 0 Å². The van der Waals surface area contributed by atoms with Crippen molar-refractivity contribution in [3.05, 3.63) is 0 Å². The number of thiol groups is 1. The van der Waals surface area contributed by atoms with E-state index in [2.05, 4.69) is 28.2 Å². The number of hydrogen-bond donors (Lipinski definition) is 2. The fourth-order valence-corrected chi connectivity index (χ4v) is 0.563. The molecule has 0 saturated carbocycles. The van der Waals surface area contributed by atoms with E-state index >= 15 is 0 Å². The Labute approximate surface area is 57.4 Å². The zero-order valence-electron chi connectivity index (χ0n) is 4.26. The van der Waals surface area contributed by atoms with Crippen LogP contribution in [0.15, 0.2) is 0 Å². The lowest BCUT2D eigenvalue weighted by atomic mass is 10.6. The summed E-state index contributed by atoms with van der Waals surface area (Å²) in [7, 11) is 0.942. The van der Waals surface area contributed by atoms with E-state index in [9.17, 15) is 4.79 Å². The summed E-state index contributed by atoms with van der Waals surface area (Å²) in [5.74, 6) is 4.41. The van der Waals surface area contributed by atoms with E-state index in [0.717, 1.165) is 11.0 Å². The van der Waals surface area contributed by atoms with Crippen LogP contribution in [-0.4, -0.2) is 5.91 Å². The SMILES string of the molecule is CC#CC(=O)NSS. The van der Waals surface area contributed by atoms with Crippen molar-refractivity contribution in [1.82, 2.24) is 4.72 Å². The number of amides is 1. The van der Waals surface area contributed by atoms with Gasteiger partial charge in [0.1, 0.15) is 0 Å². The Balaban J connectivity index is 3.44. The van der Waals surface area contributed by atoms with Gasteiger partial charge in [0.2, 0.25) is 0 Å². The van der Waals surface area contributed by atoms with E-state index in [1.807, 2.05) is 0 Å². The highest BCUT2D eigenvalue weighted by atomic mass is 33.1. The quantitative estimate of drug-likeness (QED) is 0.246. The first-order chi connectivity index (χ1) is 3.81. The summed E-state index contributed by atoms with van der Waals surface area (Å²) in [6, 6.07) is 0. The van der Waals surface area contributed by atoms with Gasteiger partial charge in [0.15, 0.2) is 0 Å². The molecule has 8 heavy (non-hydrogen) atoms. The van der Waals surface area contributed by atoms with Crippen LogP contribution in [0, 0.1) is 11.8 Å². The Bertz CT molecular complexity index is 135. The molecule has 0 saturated heterocycles. The molecule has 0 bridgehead atoms. The monoisotopic (exact) mass is 147 g/mol. The maximum Gasteiger partial charge on any atom is 0.306 e. The number of hydrogen-bond acceptors (Lipinski definition) is 3. The molecule has 0 fully saturated rings. The Kier molecular flexibility index (Phi) is 4.71. The van der Waals surface area contributed by atoms with Crippen LogP contribution in [0.3, 0.4) is 0 Å². The zero-order valence-corrected chi connectivity index (χ0v) is 5.97. The van der Waals surface area contributed by atoms with Crippen molar-refractivity contribution in [2.45, 2.75) is 6.92 Å². The van der Waals surface area contributed by atoms with Gasteiger partial charge in [-0.1, -0.05) is 17.6 Å². The molecule has 0 radical (unpaired) electrons. The van der Waals surface area contributed by atoms with Gasteiger partial charge in [0.25, 0.3) is 0 Å². The number of carbonyl (C=O) groups excluding carboxylic acids is 1. The lowest BCUT2D eigenvalue weighted by molar-refractivity contribution is -0.113. The molecule has 0 aromatic heterocycles. The van der Waals surface area contributed by atoms with E-state index < -0.39 is 0 Å². The summed E-state index contributed by atoms with van der Waals surface area (Å²) in [6.45, 7) is 1.60. The van der Waals surface area contributed by atoms with E-state index in [1.165, 1.54) is 0 Å². The summed E-state index contributed by atoms with van der Waals surface area (Å²) < 4.78 is 2.31. The molecule has 4 heteroatoms. The first-order valence-electron chi connectivity index (χ1n) is 1.84. The first kappa shape index (κ1) is 7.73. The number of nitrogens with one attached hydrogen (secondary N) is 1. The molecule has 0 spiro atoms. The average molecular weight is 147 g/mol. The van der Waals surface area contributed by atoms with E-state index in [-0.39, 0.29) is 5.91 Å². The Hall–Kier alpha value is -0.270. The molecular weight excluding hydrogens is 142 g/mol. The molecule has 44 valence electrons. The molecule has 1 amide bonds. The molecule has 0 aromatic carbocycles. The standard InChI is InChI=1S/C4H5NOS2/c1-2-3-4(6)5-8-7/h7H,1H3,(H,5,6). The summed E-state index contributed by atoms with van der Waals surface area (Å²) in [5.41, 5.74) is 0. The van der Waals surface area contributed by atoms with Gasteiger partial charge in [-0.3, -0.25) is 9.52 Å². The minimum absolute atomic E-state index is 0.312. The first-order valence-corrected chi connectivity index (χ1v) is 3.71. The van der Waals surface area contributed by atoms with Crippen LogP contribution >= 0.6 is 22.6 Å². The average Bonchev–Trinajstić information content (AvgIpc) is 1.68. The molecule has 0 rings (SSSR count). The van der Waals surface area contributed by atoms with Crippen molar-refractivity contribution < 1.29 is 4.79 Å². The molecule has 1 N–H and O–H groups in total. The van der Waals surface area contributed by atoms with Crippen LogP contribution in [0.2, 0.25) is 0 Å². The highest BCUT2D eigenvalue weighted by Gasteiger charge is 1.87.